The van der Waals surface area contributed by atoms with Crippen LogP contribution >= 0.6 is 0 Å². The van der Waals surface area contributed by atoms with Gasteiger partial charge in [0.1, 0.15) is 11.6 Å². The molecule has 2 aromatic carbocycles. The van der Waals surface area contributed by atoms with E-state index in [0.29, 0.717) is 6.07 Å². The van der Waals surface area contributed by atoms with E-state index in [-0.39, 0.29) is 35.3 Å². The summed E-state index contributed by atoms with van der Waals surface area (Å²) in [5, 5.41) is 2.69. The Labute approximate surface area is 163 Å². The second kappa shape index (κ2) is 8.17. The minimum atomic E-state index is -4.63. The van der Waals surface area contributed by atoms with E-state index in [1.165, 1.54) is 18.3 Å². The number of amides is 1. The van der Waals surface area contributed by atoms with Crippen molar-refractivity contribution in [1.82, 2.24) is 10.3 Å². The average Bonchev–Trinajstić information content (AvgIpc) is 2.68. The molecule has 29 heavy (non-hydrogen) atoms. The van der Waals surface area contributed by atoms with E-state index in [1.807, 2.05) is 0 Å². The van der Waals surface area contributed by atoms with Gasteiger partial charge in [-0.15, -0.1) is 0 Å². The molecule has 0 spiro atoms. The molecular weight excluding hydrogens is 390 g/mol. The predicted molar refractivity (Wildman–Crippen MR) is 97.7 cm³/mol. The Kier molecular flexibility index (Phi) is 5.67. The van der Waals surface area contributed by atoms with E-state index in [0.717, 1.165) is 17.7 Å². The molecule has 0 radical (unpaired) electrons. The molecule has 0 bridgehead atoms. The number of nitrogens with one attached hydrogen (secondary N) is 1. The topological polar surface area (TPSA) is 77.2 Å². The van der Waals surface area contributed by atoms with Crippen LogP contribution in [0.3, 0.4) is 0 Å². The number of hydrogen-bond donors (Lipinski definition) is 2. The first-order valence-electron chi connectivity index (χ1n) is 8.36. The van der Waals surface area contributed by atoms with E-state index in [4.69, 9.17) is 10.5 Å². The molecule has 1 amide bonds. The van der Waals surface area contributed by atoms with Crippen LogP contribution in [0.1, 0.15) is 21.5 Å². The van der Waals surface area contributed by atoms with E-state index in [2.05, 4.69) is 10.3 Å². The van der Waals surface area contributed by atoms with Gasteiger partial charge in [0.25, 0.3) is 5.91 Å². The number of ether oxygens (including phenoxy) is 1. The van der Waals surface area contributed by atoms with Gasteiger partial charge in [0, 0.05) is 12.7 Å². The van der Waals surface area contributed by atoms with Gasteiger partial charge in [-0.25, -0.2) is 9.37 Å². The summed E-state index contributed by atoms with van der Waals surface area (Å²) in [6, 6.07) is 11.5. The SMILES string of the molecule is Nc1ncccc1C(=O)NCc1ccc(Oc2ccc(C(F)(F)F)cc2F)cc1. The van der Waals surface area contributed by atoms with Crippen molar-refractivity contribution >= 4 is 11.7 Å². The first-order valence-corrected chi connectivity index (χ1v) is 8.36. The summed E-state index contributed by atoms with van der Waals surface area (Å²) in [4.78, 5) is 15.9. The Bertz CT molecular complexity index is 1020. The van der Waals surface area contributed by atoms with Crippen molar-refractivity contribution in [1.29, 1.82) is 0 Å². The van der Waals surface area contributed by atoms with Crippen LogP contribution in [0, 0.1) is 5.82 Å². The summed E-state index contributed by atoms with van der Waals surface area (Å²) in [6.07, 6.45) is -3.16. The second-order valence-electron chi connectivity index (χ2n) is 6.01. The van der Waals surface area contributed by atoms with Crippen LogP contribution in [0.15, 0.2) is 60.8 Å². The maximum atomic E-state index is 13.9. The first kappa shape index (κ1) is 20.1. The third-order valence-corrected chi connectivity index (χ3v) is 3.95. The zero-order valence-electron chi connectivity index (χ0n) is 14.8. The van der Waals surface area contributed by atoms with Crippen LogP contribution in [-0.2, 0) is 12.7 Å². The number of pyridine rings is 1. The molecule has 3 N–H and O–H groups in total. The quantitative estimate of drug-likeness (QED) is 0.611. The van der Waals surface area contributed by atoms with Crippen LogP contribution in [0.4, 0.5) is 23.4 Å². The van der Waals surface area contributed by atoms with Crippen molar-refractivity contribution in [3.63, 3.8) is 0 Å². The van der Waals surface area contributed by atoms with Crippen molar-refractivity contribution in [3.05, 3.63) is 83.3 Å². The number of rotatable bonds is 5. The van der Waals surface area contributed by atoms with Crippen molar-refractivity contribution in [2.45, 2.75) is 12.7 Å². The smallest absolute Gasteiger partial charge is 0.416 e. The number of alkyl halides is 3. The highest BCUT2D eigenvalue weighted by atomic mass is 19.4. The summed E-state index contributed by atoms with van der Waals surface area (Å²) < 4.78 is 56.9. The number of hydrogen-bond acceptors (Lipinski definition) is 4. The molecule has 5 nitrogen and oxygen atoms in total. The van der Waals surface area contributed by atoms with Gasteiger partial charge in [-0.1, -0.05) is 12.1 Å². The highest BCUT2D eigenvalue weighted by Gasteiger charge is 2.31. The molecule has 0 unspecified atom stereocenters. The number of carbonyl (C=O) groups is 1. The highest BCUT2D eigenvalue weighted by molar-refractivity contribution is 5.98. The predicted octanol–water partition coefficient (Wildman–Crippen LogP) is 4.54. The zero-order valence-corrected chi connectivity index (χ0v) is 14.8. The standard InChI is InChI=1S/C20H15F4N3O2/c21-16-10-13(20(22,23)24)5-8-17(16)29-14-6-3-12(4-7-14)11-27-19(28)15-2-1-9-26-18(15)25/h1-10H,11H2,(H2,25,26)(H,27,28). The third-order valence-electron chi connectivity index (χ3n) is 3.95. The molecule has 1 heterocycles. The van der Waals surface area contributed by atoms with Crippen molar-refractivity contribution in [2.24, 2.45) is 0 Å². The minimum Gasteiger partial charge on any atom is -0.454 e. The summed E-state index contributed by atoms with van der Waals surface area (Å²) in [6.45, 7) is 0.197. The number of nitrogens with two attached hydrogens (primary N) is 1. The molecule has 1 aromatic heterocycles. The van der Waals surface area contributed by atoms with Gasteiger partial charge >= 0.3 is 6.18 Å². The second-order valence-corrected chi connectivity index (χ2v) is 6.01. The molecular formula is C20H15F4N3O2. The largest absolute Gasteiger partial charge is 0.454 e. The number of carbonyl (C=O) groups excluding carboxylic acids is 1. The van der Waals surface area contributed by atoms with E-state index in [1.54, 1.807) is 24.3 Å². The van der Waals surface area contributed by atoms with Crippen molar-refractivity contribution < 1.29 is 27.1 Å². The van der Waals surface area contributed by atoms with Crippen molar-refractivity contribution in [2.75, 3.05) is 5.73 Å². The fraction of sp³-hybridized carbons (Fsp3) is 0.100. The Balaban J connectivity index is 1.62. The molecule has 0 saturated carbocycles. The summed E-state index contributed by atoms with van der Waals surface area (Å²) in [5.74, 6) is -1.48. The summed E-state index contributed by atoms with van der Waals surface area (Å²) >= 11 is 0. The molecule has 0 atom stereocenters. The third kappa shape index (κ3) is 5.01. The number of nitrogen functional groups attached to an aromatic ring is 1. The Hall–Kier alpha value is -3.62. The molecule has 0 aliphatic rings. The summed E-state index contributed by atoms with van der Waals surface area (Å²) in [7, 11) is 0. The lowest BCUT2D eigenvalue weighted by Gasteiger charge is -2.11. The number of halogens is 4. The van der Waals surface area contributed by atoms with Crippen LogP contribution in [0.25, 0.3) is 0 Å². The first-order chi connectivity index (χ1) is 13.7. The van der Waals surface area contributed by atoms with Crippen LogP contribution in [0.2, 0.25) is 0 Å². The van der Waals surface area contributed by atoms with Crippen LogP contribution in [-0.4, -0.2) is 10.9 Å². The molecule has 150 valence electrons. The fourth-order valence-electron chi connectivity index (χ4n) is 2.45. The zero-order chi connectivity index (χ0) is 21.0. The van der Waals surface area contributed by atoms with Crippen LogP contribution < -0.4 is 15.8 Å². The fourth-order valence-corrected chi connectivity index (χ4v) is 2.45. The minimum absolute atomic E-state index is 0.118. The molecule has 0 saturated heterocycles. The Morgan fingerprint density at radius 1 is 1.10 bits per heavy atom. The average molecular weight is 405 g/mol. The van der Waals surface area contributed by atoms with Gasteiger partial charge in [0.05, 0.1) is 11.1 Å². The van der Waals surface area contributed by atoms with Gasteiger partial charge in [-0.2, -0.15) is 13.2 Å². The maximum Gasteiger partial charge on any atom is 0.416 e. The monoisotopic (exact) mass is 405 g/mol. The number of benzene rings is 2. The lowest BCUT2D eigenvalue weighted by Crippen LogP contribution is -2.24. The van der Waals surface area contributed by atoms with E-state index < -0.39 is 17.6 Å². The van der Waals surface area contributed by atoms with Gasteiger partial charge in [0.15, 0.2) is 11.6 Å². The number of anilines is 1. The lowest BCUT2D eigenvalue weighted by atomic mass is 10.2. The number of aromatic nitrogens is 1. The van der Waals surface area contributed by atoms with Crippen LogP contribution in [0.5, 0.6) is 11.5 Å². The molecule has 9 heteroatoms. The maximum absolute atomic E-state index is 13.9. The van der Waals surface area contributed by atoms with Gasteiger partial charge in [-0.3, -0.25) is 4.79 Å². The van der Waals surface area contributed by atoms with E-state index >= 15 is 0 Å². The number of nitrogens with zero attached hydrogens (tertiary/aromatic N) is 1. The van der Waals surface area contributed by atoms with Gasteiger partial charge < -0.3 is 15.8 Å². The molecule has 0 fully saturated rings. The van der Waals surface area contributed by atoms with E-state index in [9.17, 15) is 22.4 Å². The van der Waals surface area contributed by atoms with Gasteiger partial charge in [-0.05, 0) is 48.0 Å². The van der Waals surface area contributed by atoms with Gasteiger partial charge in [0.2, 0.25) is 0 Å². The molecule has 0 aliphatic carbocycles. The molecule has 3 aromatic rings. The molecule has 3 rings (SSSR count). The van der Waals surface area contributed by atoms with Crippen molar-refractivity contribution in [3.8, 4) is 11.5 Å². The highest BCUT2D eigenvalue weighted by Crippen LogP contribution is 2.33. The molecule has 0 aliphatic heterocycles. The normalized spacial score (nSPS) is 11.2. The Morgan fingerprint density at radius 2 is 1.83 bits per heavy atom. The summed E-state index contributed by atoms with van der Waals surface area (Å²) in [5.41, 5.74) is 5.53. The lowest BCUT2D eigenvalue weighted by molar-refractivity contribution is -0.137. The Morgan fingerprint density at radius 3 is 2.45 bits per heavy atom.